The standard InChI is InChI=1S/C11H21NO2/c1-9(12-6-7-14-5)8-10(13)11(2,3)4/h8,12H,6-7H2,1-5H3/b9-8+. The van der Waals surface area contributed by atoms with E-state index in [1.807, 2.05) is 27.7 Å². The third-order valence-corrected chi connectivity index (χ3v) is 1.80. The van der Waals surface area contributed by atoms with Gasteiger partial charge in [0, 0.05) is 30.8 Å². The molecule has 0 unspecified atom stereocenters. The van der Waals surface area contributed by atoms with Gasteiger partial charge in [0.1, 0.15) is 0 Å². The fourth-order valence-corrected chi connectivity index (χ4v) is 0.814. The molecule has 14 heavy (non-hydrogen) atoms. The van der Waals surface area contributed by atoms with Gasteiger partial charge in [-0.2, -0.15) is 0 Å². The number of hydrogen-bond acceptors (Lipinski definition) is 3. The van der Waals surface area contributed by atoms with Crippen LogP contribution in [-0.2, 0) is 9.53 Å². The topological polar surface area (TPSA) is 38.3 Å². The van der Waals surface area contributed by atoms with E-state index in [4.69, 9.17) is 4.74 Å². The van der Waals surface area contributed by atoms with E-state index in [0.717, 1.165) is 12.2 Å². The number of rotatable bonds is 5. The highest BCUT2D eigenvalue weighted by molar-refractivity contribution is 5.94. The lowest BCUT2D eigenvalue weighted by Gasteiger charge is -2.14. The molecule has 0 aromatic rings. The van der Waals surface area contributed by atoms with Gasteiger partial charge in [0.05, 0.1) is 6.61 Å². The van der Waals surface area contributed by atoms with Crippen molar-refractivity contribution in [3.63, 3.8) is 0 Å². The van der Waals surface area contributed by atoms with Gasteiger partial charge in [0.15, 0.2) is 5.78 Å². The number of hydrogen-bond donors (Lipinski definition) is 1. The van der Waals surface area contributed by atoms with E-state index in [2.05, 4.69) is 5.32 Å². The summed E-state index contributed by atoms with van der Waals surface area (Å²) in [5.41, 5.74) is 0.589. The number of ether oxygens (including phenoxy) is 1. The van der Waals surface area contributed by atoms with Crippen molar-refractivity contribution in [2.45, 2.75) is 27.7 Å². The third kappa shape index (κ3) is 5.75. The van der Waals surface area contributed by atoms with Crippen molar-refractivity contribution < 1.29 is 9.53 Å². The van der Waals surface area contributed by atoms with Crippen molar-refractivity contribution in [3.8, 4) is 0 Å². The summed E-state index contributed by atoms with van der Waals surface area (Å²) in [4.78, 5) is 11.6. The normalized spacial score (nSPS) is 12.8. The molecule has 0 rings (SSSR count). The van der Waals surface area contributed by atoms with E-state index >= 15 is 0 Å². The van der Waals surface area contributed by atoms with Gasteiger partial charge in [-0.3, -0.25) is 4.79 Å². The van der Waals surface area contributed by atoms with Gasteiger partial charge in [0.2, 0.25) is 0 Å². The molecule has 0 heterocycles. The Morgan fingerprint density at radius 2 is 2.00 bits per heavy atom. The maximum atomic E-state index is 11.6. The van der Waals surface area contributed by atoms with Gasteiger partial charge in [-0.05, 0) is 6.92 Å². The highest BCUT2D eigenvalue weighted by Crippen LogP contribution is 2.15. The maximum absolute atomic E-state index is 11.6. The Morgan fingerprint density at radius 1 is 1.43 bits per heavy atom. The molecule has 0 aliphatic carbocycles. The Balaban J connectivity index is 4.04. The summed E-state index contributed by atoms with van der Waals surface area (Å²) in [5.74, 6) is 0.139. The summed E-state index contributed by atoms with van der Waals surface area (Å²) in [7, 11) is 1.65. The van der Waals surface area contributed by atoms with Crippen LogP contribution >= 0.6 is 0 Å². The van der Waals surface area contributed by atoms with Crippen LogP contribution < -0.4 is 5.32 Å². The molecule has 3 nitrogen and oxygen atoms in total. The minimum atomic E-state index is -0.301. The fourth-order valence-electron chi connectivity index (χ4n) is 0.814. The molecule has 0 fully saturated rings. The van der Waals surface area contributed by atoms with Crippen LogP contribution in [0, 0.1) is 5.41 Å². The molecule has 0 atom stereocenters. The first kappa shape index (κ1) is 13.2. The average molecular weight is 199 g/mol. The second-order valence-corrected chi connectivity index (χ2v) is 4.36. The van der Waals surface area contributed by atoms with Gasteiger partial charge >= 0.3 is 0 Å². The fraction of sp³-hybridized carbons (Fsp3) is 0.727. The average Bonchev–Trinajstić information content (AvgIpc) is 2.03. The van der Waals surface area contributed by atoms with Crippen LogP contribution in [0.4, 0.5) is 0 Å². The summed E-state index contributed by atoms with van der Waals surface area (Å²) in [6.45, 7) is 9.00. The molecule has 0 aliphatic rings. The van der Waals surface area contributed by atoms with Crippen molar-refractivity contribution in [2.75, 3.05) is 20.3 Å². The monoisotopic (exact) mass is 199 g/mol. The zero-order valence-electron chi connectivity index (χ0n) is 9.81. The van der Waals surface area contributed by atoms with Crippen LogP contribution in [0.1, 0.15) is 27.7 Å². The minimum Gasteiger partial charge on any atom is -0.386 e. The van der Waals surface area contributed by atoms with E-state index in [0.29, 0.717) is 6.61 Å². The largest absolute Gasteiger partial charge is 0.386 e. The Morgan fingerprint density at radius 3 is 2.43 bits per heavy atom. The number of nitrogens with one attached hydrogen (secondary N) is 1. The van der Waals surface area contributed by atoms with Crippen molar-refractivity contribution in [2.24, 2.45) is 5.41 Å². The molecule has 0 radical (unpaired) electrons. The number of allylic oxidation sites excluding steroid dienone is 2. The Hall–Kier alpha value is -0.830. The zero-order chi connectivity index (χ0) is 11.2. The van der Waals surface area contributed by atoms with E-state index in [1.165, 1.54) is 0 Å². The number of ketones is 1. The minimum absolute atomic E-state index is 0.139. The third-order valence-electron chi connectivity index (χ3n) is 1.80. The second-order valence-electron chi connectivity index (χ2n) is 4.36. The van der Waals surface area contributed by atoms with Crippen molar-refractivity contribution in [1.82, 2.24) is 5.32 Å². The SMILES string of the molecule is COCCN/C(C)=C/C(=O)C(C)(C)C. The number of carbonyl (C=O) groups is 1. The van der Waals surface area contributed by atoms with Crippen LogP contribution in [0.2, 0.25) is 0 Å². The Kier molecular flexibility index (Phi) is 5.46. The van der Waals surface area contributed by atoms with E-state index in [1.54, 1.807) is 13.2 Å². The quantitative estimate of drug-likeness (QED) is 0.541. The predicted molar refractivity (Wildman–Crippen MR) is 58.1 cm³/mol. The summed E-state index contributed by atoms with van der Waals surface area (Å²) in [6.07, 6.45) is 1.65. The van der Waals surface area contributed by atoms with Crippen LogP contribution in [0.5, 0.6) is 0 Å². The van der Waals surface area contributed by atoms with Gasteiger partial charge in [-0.1, -0.05) is 20.8 Å². The predicted octanol–water partition coefficient (Wildman–Crippen LogP) is 1.74. The van der Waals surface area contributed by atoms with Crippen LogP contribution in [0.25, 0.3) is 0 Å². The molecule has 0 saturated carbocycles. The van der Waals surface area contributed by atoms with Crippen LogP contribution in [-0.4, -0.2) is 26.0 Å². The summed E-state index contributed by atoms with van der Waals surface area (Å²) in [5, 5.41) is 3.10. The van der Waals surface area contributed by atoms with Crippen molar-refractivity contribution in [3.05, 3.63) is 11.8 Å². The van der Waals surface area contributed by atoms with Gasteiger partial charge in [-0.25, -0.2) is 0 Å². The van der Waals surface area contributed by atoms with E-state index in [-0.39, 0.29) is 11.2 Å². The summed E-state index contributed by atoms with van der Waals surface area (Å²) >= 11 is 0. The maximum Gasteiger partial charge on any atom is 0.162 e. The molecule has 0 aromatic heterocycles. The lowest BCUT2D eigenvalue weighted by molar-refractivity contribution is -0.121. The first-order valence-electron chi connectivity index (χ1n) is 4.83. The van der Waals surface area contributed by atoms with Crippen LogP contribution in [0.15, 0.2) is 11.8 Å². The smallest absolute Gasteiger partial charge is 0.162 e. The van der Waals surface area contributed by atoms with Gasteiger partial charge < -0.3 is 10.1 Å². The van der Waals surface area contributed by atoms with Gasteiger partial charge in [0.25, 0.3) is 0 Å². The summed E-state index contributed by atoms with van der Waals surface area (Å²) in [6, 6.07) is 0. The first-order valence-corrected chi connectivity index (χ1v) is 4.83. The molecule has 0 bridgehead atoms. The molecule has 0 amide bonds. The van der Waals surface area contributed by atoms with Crippen molar-refractivity contribution in [1.29, 1.82) is 0 Å². The summed E-state index contributed by atoms with van der Waals surface area (Å²) < 4.78 is 4.89. The van der Waals surface area contributed by atoms with Crippen LogP contribution in [0.3, 0.4) is 0 Å². The zero-order valence-corrected chi connectivity index (χ0v) is 9.81. The van der Waals surface area contributed by atoms with Crippen molar-refractivity contribution >= 4 is 5.78 Å². The van der Waals surface area contributed by atoms with E-state index < -0.39 is 0 Å². The first-order chi connectivity index (χ1) is 6.38. The Bertz CT molecular complexity index is 214. The number of carbonyl (C=O) groups excluding carboxylic acids is 1. The molecule has 82 valence electrons. The molecule has 0 aromatic carbocycles. The molecule has 0 saturated heterocycles. The van der Waals surface area contributed by atoms with E-state index in [9.17, 15) is 4.79 Å². The van der Waals surface area contributed by atoms with Gasteiger partial charge in [-0.15, -0.1) is 0 Å². The second kappa shape index (κ2) is 5.81. The molecular formula is C11H21NO2. The Labute approximate surface area is 86.5 Å². The molecule has 0 spiro atoms. The molecule has 0 aliphatic heterocycles. The molecule has 1 N–H and O–H groups in total. The molecular weight excluding hydrogens is 178 g/mol. The number of methoxy groups -OCH3 is 1. The lowest BCUT2D eigenvalue weighted by atomic mass is 9.90. The molecule has 3 heteroatoms. The highest BCUT2D eigenvalue weighted by atomic mass is 16.5. The highest BCUT2D eigenvalue weighted by Gasteiger charge is 2.18. The lowest BCUT2D eigenvalue weighted by Crippen LogP contribution is -2.22.